The predicted octanol–water partition coefficient (Wildman–Crippen LogP) is 0.630. The number of aromatic nitrogens is 1. The van der Waals surface area contributed by atoms with E-state index in [0.29, 0.717) is 0 Å². The fourth-order valence-corrected chi connectivity index (χ4v) is 1.16. The number of carbonyl (C=O) groups is 1. The number of amides is 1. The number of hydrogen-bond donors (Lipinski definition) is 1. The van der Waals surface area contributed by atoms with E-state index in [-0.39, 0.29) is 17.5 Å². The number of primary amides is 1. The van der Waals surface area contributed by atoms with Crippen LogP contribution in [0.4, 0.5) is 5.82 Å². The molecule has 0 aromatic carbocycles. The van der Waals surface area contributed by atoms with Crippen molar-refractivity contribution in [3.8, 4) is 5.75 Å². The molecule has 0 radical (unpaired) electrons. The maximum Gasteiger partial charge on any atom is 0.367 e. The highest BCUT2D eigenvalue weighted by atomic mass is 16.6. The molecule has 0 unspecified atom stereocenters. The van der Waals surface area contributed by atoms with Gasteiger partial charge in [0, 0.05) is 6.07 Å². The Morgan fingerprint density at radius 1 is 1.56 bits per heavy atom. The molecule has 16 heavy (non-hydrogen) atoms. The minimum atomic E-state index is -0.815. The number of nitro groups is 1. The van der Waals surface area contributed by atoms with Gasteiger partial charge in [0.25, 0.3) is 5.91 Å². The summed E-state index contributed by atoms with van der Waals surface area (Å²) in [7, 11) is 0. The van der Waals surface area contributed by atoms with E-state index in [1.165, 1.54) is 12.1 Å². The number of pyridine rings is 1. The number of rotatable bonds is 4. The molecule has 2 N–H and O–H groups in total. The lowest BCUT2D eigenvalue weighted by molar-refractivity contribution is -0.389. The smallest absolute Gasteiger partial charge is 0.367 e. The van der Waals surface area contributed by atoms with E-state index in [4.69, 9.17) is 10.5 Å². The van der Waals surface area contributed by atoms with E-state index in [1.807, 2.05) is 0 Å². The molecule has 0 saturated heterocycles. The predicted molar refractivity (Wildman–Crippen MR) is 53.1 cm³/mol. The molecule has 0 atom stereocenters. The van der Waals surface area contributed by atoms with Crippen LogP contribution in [0.15, 0.2) is 12.1 Å². The molecule has 1 aliphatic carbocycles. The summed E-state index contributed by atoms with van der Waals surface area (Å²) in [6, 6.07) is 2.50. The fraction of sp³-hybridized carbons (Fsp3) is 0.333. The van der Waals surface area contributed by atoms with Crippen molar-refractivity contribution in [2.45, 2.75) is 18.9 Å². The summed E-state index contributed by atoms with van der Waals surface area (Å²) >= 11 is 0. The molecular formula is C9H9N3O4. The molecule has 0 spiro atoms. The zero-order valence-electron chi connectivity index (χ0n) is 8.25. The van der Waals surface area contributed by atoms with Crippen LogP contribution in [0.25, 0.3) is 0 Å². The Morgan fingerprint density at radius 2 is 2.25 bits per heavy atom. The molecular weight excluding hydrogens is 214 g/mol. The summed E-state index contributed by atoms with van der Waals surface area (Å²) in [4.78, 5) is 24.3. The lowest BCUT2D eigenvalue weighted by Crippen LogP contribution is -2.14. The van der Waals surface area contributed by atoms with Gasteiger partial charge in [-0.1, -0.05) is 0 Å². The van der Waals surface area contributed by atoms with Crippen LogP contribution >= 0.6 is 0 Å². The van der Waals surface area contributed by atoms with Gasteiger partial charge in [-0.3, -0.25) is 4.79 Å². The van der Waals surface area contributed by atoms with Crippen LogP contribution in [0.5, 0.6) is 5.75 Å². The zero-order chi connectivity index (χ0) is 11.7. The van der Waals surface area contributed by atoms with Crippen LogP contribution in [0.1, 0.15) is 23.3 Å². The minimum Gasteiger partial charge on any atom is -0.490 e. The summed E-state index contributed by atoms with van der Waals surface area (Å²) < 4.78 is 5.35. The highest BCUT2D eigenvalue weighted by molar-refractivity contribution is 5.91. The van der Waals surface area contributed by atoms with Gasteiger partial charge in [0.15, 0.2) is 0 Å². The second-order valence-corrected chi connectivity index (χ2v) is 3.48. The van der Waals surface area contributed by atoms with E-state index in [0.717, 1.165) is 12.8 Å². The SMILES string of the molecule is NC(=O)c1cc(OC2CC2)cc([N+](=O)[O-])n1. The Bertz CT molecular complexity index is 424. The van der Waals surface area contributed by atoms with Crippen molar-refractivity contribution >= 4 is 11.7 Å². The third kappa shape index (κ3) is 2.25. The van der Waals surface area contributed by atoms with Gasteiger partial charge in [0.05, 0.1) is 12.2 Å². The van der Waals surface area contributed by atoms with Crippen LogP contribution < -0.4 is 10.5 Å². The minimum absolute atomic E-state index is 0.0859. The Morgan fingerprint density at radius 3 is 2.75 bits per heavy atom. The molecule has 1 aromatic rings. The highest BCUT2D eigenvalue weighted by Gasteiger charge is 2.26. The molecule has 1 fully saturated rings. The average molecular weight is 223 g/mol. The molecule has 1 aliphatic rings. The molecule has 1 saturated carbocycles. The van der Waals surface area contributed by atoms with E-state index in [1.54, 1.807) is 0 Å². The molecule has 2 rings (SSSR count). The molecule has 7 nitrogen and oxygen atoms in total. The van der Waals surface area contributed by atoms with E-state index >= 15 is 0 Å². The fourth-order valence-electron chi connectivity index (χ4n) is 1.16. The number of nitrogens with two attached hydrogens (primary N) is 1. The van der Waals surface area contributed by atoms with E-state index in [2.05, 4.69) is 4.98 Å². The van der Waals surface area contributed by atoms with Crippen molar-refractivity contribution in [2.75, 3.05) is 0 Å². The zero-order valence-corrected chi connectivity index (χ0v) is 8.25. The summed E-state index contributed by atoms with van der Waals surface area (Å²) in [6.45, 7) is 0. The van der Waals surface area contributed by atoms with E-state index < -0.39 is 16.6 Å². The topological polar surface area (TPSA) is 108 Å². The Balaban J connectivity index is 2.35. The first-order valence-electron chi connectivity index (χ1n) is 4.69. The van der Waals surface area contributed by atoms with Gasteiger partial charge in [0.2, 0.25) is 5.69 Å². The van der Waals surface area contributed by atoms with Gasteiger partial charge >= 0.3 is 5.82 Å². The molecule has 1 heterocycles. The number of nitrogens with zero attached hydrogens (tertiary/aromatic N) is 2. The highest BCUT2D eigenvalue weighted by Crippen LogP contribution is 2.28. The summed E-state index contributed by atoms with van der Waals surface area (Å²) in [6.07, 6.45) is 1.92. The normalized spacial score (nSPS) is 14.5. The largest absolute Gasteiger partial charge is 0.490 e. The van der Waals surface area contributed by atoms with Crippen LogP contribution in [0.2, 0.25) is 0 Å². The number of carbonyl (C=O) groups excluding carboxylic acids is 1. The van der Waals surface area contributed by atoms with Gasteiger partial charge < -0.3 is 20.6 Å². The Hall–Kier alpha value is -2.18. The van der Waals surface area contributed by atoms with Crippen molar-refractivity contribution in [2.24, 2.45) is 5.73 Å². The molecule has 7 heteroatoms. The summed E-state index contributed by atoms with van der Waals surface area (Å²) in [5, 5.41) is 10.6. The van der Waals surface area contributed by atoms with Crippen molar-refractivity contribution in [3.63, 3.8) is 0 Å². The third-order valence-corrected chi connectivity index (χ3v) is 2.05. The van der Waals surface area contributed by atoms with Crippen molar-refractivity contribution in [3.05, 3.63) is 27.9 Å². The van der Waals surface area contributed by atoms with Crippen molar-refractivity contribution in [1.29, 1.82) is 0 Å². The second kappa shape index (κ2) is 3.76. The van der Waals surface area contributed by atoms with Crippen LogP contribution in [0, 0.1) is 10.1 Å². The maximum absolute atomic E-state index is 10.9. The lowest BCUT2D eigenvalue weighted by atomic mass is 10.3. The van der Waals surface area contributed by atoms with Crippen LogP contribution in [-0.2, 0) is 0 Å². The first kappa shape index (κ1) is 10.3. The summed E-state index contributed by atoms with van der Waals surface area (Å²) in [5.41, 5.74) is 4.86. The molecule has 1 amide bonds. The van der Waals surface area contributed by atoms with Crippen molar-refractivity contribution < 1.29 is 14.5 Å². The standard InChI is InChI=1S/C9H9N3O4/c10-9(13)7-3-6(16-5-1-2-5)4-8(11-7)12(14)15/h3-5H,1-2H2,(H2,10,13). The molecule has 1 aromatic heterocycles. The quantitative estimate of drug-likeness (QED) is 0.594. The molecule has 0 bridgehead atoms. The third-order valence-electron chi connectivity index (χ3n) is 2.05. The number of ether oxygens (including phenoxy) is 1. The Labute approximate surface area is 90.4 Å². The lowest BCUT2D eigenvalue weighted by Gasteiger charge is -2.03. The second-order valence-electron chi connectivity index (χ2n) is 3.48. The van der Waals surface area contributed by atoms with Gasteiger partial charge in [-0.25, -0.2) is 0 Å². The van der Waals surface area contributed by atoms with Gasteiger partial charge in [-0.2, -0.15) is 0 Å². The van der Waals surface area contributed by atoms with Crippen molar-refractivity contribution in [1.82, 2.24) is 4.98 Å². The first-order valence-corrected chi connectivity index (χ1v) is 4.69. The average Bonchev–Trinajstić information content (AvgIpc) is 3.01. The summed E-state index contributed by atoms with van der Waals surface area (Å²) in [5.74, 6) is -0.991. The van der Waals surface area contributed by atoms with E-state index in [9.17, 15) is 14.9 Å². The maximum atomic E-state index is 10.9. The molecule has 0 aliphatic heterocycles. The van der Waals surface area contributed by atoms with Gasteiger partial charge in [-0.05, 0) is 22.7 Å². The number of hydrogen-bond acceptors (Lipinski definition) is 5. The van der Waals surface area contributed by atoms with Gasteiger partial charge in [-0.15, -0.1) is 0 Å². The Kier molecular flexibility index (Phi) is 2.43. The monoisotopic (exact) mass is 223 g/mol. The first-order chi connectivity index (χ1) is 7.56. The van der Waals surface area contributed by atoms with Gasteiger partial charge in [0.1, 0.15) is 5.75 Å². The molecule has 84 valence electrons. The van der Waals surface area contributed by atoms with Crippen LogP contribution in [0.3, 0.4) is 0 Å². The van der Waals surface area contributed by atoms with Crippen LogP contribution in [-0.4, -0.2) is 21.9 Å².